The number of allylic oxidation sites excluding steroid dienone is 2. The van der Waals surface area contributed by atoms with Gasteiger partial charge >= 0.3 is 18.1 Å². The second kappa shape index (κ2) is 8.64. The van der Waals surface area contributed by atoms with Gasteiger partial charge in [0.15, 0.2) is 12.3 Å². The number of methoxy groups -OCH3 is 1. The Morgan fingerprint density at radius 2 is 1.79 bits per heavy atom. The van der Waals surface area contributed by atoms with Crippen LogP contribution in [-0.2, 0) is 19.1 Å². The molecule has 0 amide bonds. The van der Waals surface area contributed by atoms with E-state index in [2.05, 4.69) is 10.1 Å². The Morgan fingerprint density at radius 3 is 2.31 bits per heavy atom. The molecule has 1 heterocycles. The van der Waals surface area contributed by atoms with E-state index in [-0.39, 0.29) is 28.1 Å². The van der Waals surface area contributed by atoms with E-state index < -0.39 is 35.9 Å². The third-order valence-electron chi connectivity index (χ3n) is 4.22. The molecule has 0 spiro atoms. The fourth-order valence-electron chi connectivity index (χ4n) is 3.05. The Hall–Kier alpha value is -2.89. The van der Waals surface area contributed by atoms with Crippen LogP contribution in [0.4, 0.5) is 18.9 Å². The highest BCUT2D eigenvalue weighted by molar-refractivity contribution is 5.99. The number of rotatable bonds is 5. The van der Waals surface area contributed by atoms with Gasteiger partial charge in [0, 0.05) is 23.5 Å². The fourth-order valence-corrected chi connectivity index (χ4v) is 3.05. The van der Waals surface area contributed by atoms with Crippen LogP contribution in [0.1, 0.15) is 25.3 Å². The van der Waals surface area contributed by atoms with Crippen molar-refractivity contribution in [3.05, 3.63) is 57.6 Å². The Labute approximate surface area is 163 Å². The third-order valence-corrected chi connectivity index (χ3v) is 4.22. The first-order valence-electron chi connectivity index (χ1n) is 8.30. The standard InChI is InChI=1S/C18H19F3N2O6/c1-9-13(16(24)28-3)15(11-5-4-6-12(7-11)23(26)27)14(10(2)22-9)17(25)29-8-18(19,20)21/h4-7,15,22-23,26H,8H2,1-3H3/t15-/m1/s1. The Morgan fingerprint density at radius 1 is 1.21 bits per heavy atom. The number of quaternary nitrogens is 1. The maximum absolute atomic E-state index is 12.5. The normalized spacial score (nSPS) is 18.3. The number of ether oxygens (including phenoxy) is 2. The summed E-state index contributed by atoms with van der Waals surface area (Å²) >= 11 is 0. The van der Waals surface area contributed by atoms with Crippen LogP contribution in [0.2, 0.25) is 0 Å². The summed E-state index contributed by atoms with van der Waals surface area (Å²) in [5, 5.41) is 22.1. The predicted octanol–water partition coefficient (Wildman–Crippen LogP) is 1.60. The summed E-state index contributed by atoms with van der Waals surface area (Å²) in [4.78, 5) is 24.9. The molecule has 0 bridgehead atoms. The molecule has 0 aliphatic carbocycles. The molecule has 2 rings (SSSR count). The fraction of sp³-hybridized carbons (Fsp3) is 0.333. The van der Waals surface area contributed by atoms with Crippen LogP contribution in [0.25, 0.3) is 0 Å². The first kappa shape index (κ1) is 22.4. The molecule has 1 aromatic carbocycles. The van der Waals surface area contributed by atoms with E-state index in [1.165, 1.54) is 38.1 Å². The van der Waals surface area contributed by atoms with Gasteiger partial charge in [0.25, 0.3) is 0 Å². The van der Waals surface area contributed by atoms with Gasteiger partial charge in [-0.2, -0.15) is 18.4 Å². The number of benzene rings is 1. The quantitative estimate of drug-likeness (QED) is 0.494. The summed E-state index contributed by atoms with van der Waals surface area (Å²) in [5.74, 6) is -3.29. The molecule has 2 atom stereocenters. The summed E-state index contributed by atoms with van der Waals surface area (Å²) in [7, 11) is 1.11. The molecule has 158 valence electrons. The maximum atomic E-state index is 12.5. The lowest BCUT2D eigenvalue weighted by Crippen LogP contribution is -2.99. The third kappa shape index (κ3) is 5.13. The molecule has 1 aliphatic heterocycles. The topological polar surface area (TPSA) is 112 Å². The van der Waals surface area contributed by atoms with Gasteiger partial charge in [0.05, 0.1) is 24.2 Å². The summed E-state index contributed by atoms with van der Waals surface area (Å²) in [6, 6.07) is 5.40. The molecule has 0 radical (unpaired) electrons. The lowest BCUT2D eigenvalue weighted by Gasteiger charge is -2.30. The number of hydrogen-bond donors (Lipinski definition) is 3. The summed E-state index contributed by atoms with van der Waals surface area (Å²) in [5.41, 5.74) is 0.288. The number of dihydropyridines is 1. The molecular formula is C18H19F3N2O6. The van der Waals surface area contributed by atoms with Gasteiger partial charge in [0.1, 0.15) is 0 Å². The lowest BCUT2D eigenvalue weighted by molar-refractivity contribution is -0.991. The van der Waals surface area contributed by atoms with E-state index in [1.807, 2.05) is 0 Å². The highest BCUT2D eigenvalue weighted by atomic mass is 19.4. The molecule has 0 aromatic heterocycles. The zero-order valence-electron chi connectivity index (χ0n) is 15.7. The highest BCUT2D eigenvalue weighted by Crippen LogP contribution is 2.39. The number of carbonyl (C=O) groups excluding carboxylic acids is 2. The zero-order valence-corrected chi connectivity index (χ0v) is 15.7. The maximum Gasteiger partial charge on any atom is 0.422 e. The van der Waals surface area contributed by atoms with Crippen molar-refractivity contribution in [3.63, 3.8) is 0 Å². The van der Waals surface area contributed by atoms with Crippen molar-refractivity contribution < 1.29 is 42.7 Å². The second-order valence-corrected chi connectivity index (χ2v) is 6.25. The van der Waals surface area contributed by atoms with Gasteiger partial charge < -0.3 is 20.0 Å². The monoisotopic (exact) mass is 416 g/mol. The second-order valence-electron chi connectivity index (χ2n) is 6.25. The summed E-state index contributed by atoms with van der Waals surface area (Å²) in [6.07, 6.45) is -4.73. The summed E-state index contributed by atoms with van der Waals surface area (Å²) in [6.45, 7) is 1.16. The largest absolute Gasteiger partial charge is 0.595 e. The van der Waals surface area contributed by atoms with Crippen molar-refractivity contribution in [2.45, 2.75) is 25.9 Å². The van der Waals surface area contributed by atoms with Crippen LogP contribution in [0.3, 0.4) is 0 Å². The minimum atomic E-state index is -4.73. The number of halogens is 3. The molecule has 3 N–H and O–H groups in total. The van der Waals surface area contributed by atoms with Crippen molar-refractivity contribution in [1.82, 2.24) is 5.32 Å². The number of carbonyl (C=O) groups is 2. The van der Waals surface area contributed by atoms with E-state index >= 15 is 0 Å². The van der Waals surface area contributed by atoms with Crippen LogP contribution in [-0.4, -0.2) is 37.0 Å². The molecule has 8 nitrogen and oxygen atoms in total. The first-order valence-corrected chi connectivity index (χ1v) is 8.30. The number of esters is 2. The molecular weight excluding hydrogens is 397 g/mol. The zero-order chi connectivity index (χ0) is 21.9. The van der Waals surface area contributed by atoms with Crippen LogP contribution in [0.5, 0.6) is 0 Å². The SMILES string of the molecule is COC(=O)C1=C(C)NC(C)=C(C(=O)OCC(F)(F)F)[C@@H]1c1cccc([NH+]([O-])O)c1. The van der Waals surface area contributed by atoms with E-state index in [4.69, 9.17) is 4.74 Å². The van der Waals surface area contributed by atoms with Gasteiger partial charge in [-0.05, 0) is 19.4 Å². The Bertz CT molecular complexity index is 877. The average molecular weight is 416 g/mol. The lowest BCUT2D eigenvalue weighted by atomic mass is 9.80. The van der Waals surface area contributed by atoms with E-state index in [0.29, 0.717) is 5.70 Å². The molecule has 0 fully saturated rings. The van der Waals surface area contributed by atoms with Crippen molar-refractivity contribution in [3.8, 4) is 0 Å². The number of nitrogens with one attached hydrogen (secondary N) is 2. The highest BCUT2D eigenvalue weighted by Gasteiger charge is 2.39. The predicted molar refractivity (Wildman–Crippen MR) is 92.5 cm³/mol. The number of alkyl halides is 3. The molecule has 0 saturated heterocycles. The number of hydrogen-bond acceptors (Lipinski definition) is 7. The van der Waals surface area contributed by atoms with Gasteiger partial charge in [-0.15, -0.1) is 0 Å². The smallest absolute Gasteiger partial charge is 0.422 e. The summed E-state index contributed by atoms with van der Waals surface area (Å²) < 4.78 is 46.7. The molecule has 1 unspecified atom stereocenters. The Balaban J connectivity index is 2.60. The molecule has 0 saturated carbocycles. The van der Waals surface area contributed by atoms with Crippen LogP contribution in [0, 0.1) is 5.21 Å². The van der Waals surface area contributed by atoms with Gasteiger partial charge in [-0.25, -0.2) is 14.8 Å². The molecule has 1 aromatic rings. The minimum Gasteiger partial charge on any atom is -0.595 e. The van der Waals surface area contributed by atoms with Crippen molar-refractivity contribution >= 4 is 17.6 Å². The van der Waals surface area contributed by atoms with Gasteiger partial charge in [-0.1, -0.05) is 12.1 Å². The van der Waals surface area contributed by atoms with Crippen LogP contribution < -0.4 is 10.5 Å². The average Bonchev–Trinajstić information content (AvgIpc) is 2.64. The van der Waals surface area contributed by atoms with Crippen molar-refractivity contribution in [1.29, 1.82) is 0 Å². The van der Waals surface area contributed by atoms with Crippen molar-refractivity contribution in [2.75, 3.05) is 13.7 Å². The molecule has 29 heavy (non-hydrogen) atoms. The van der Waals surface area contributed by atoms with Crippen LogP contribution in [0.15, 0.2) is 46.8 Å². The first-order chi connectivity index (χ1) is 13.5. The molecule has 11 heteroatoms. The van der Waals surface area contributed by atoms with E-state index in [9.17, 15) is 33.2 Å². The van der Waals surface area contributed by atoms with Crippen LogP contribution >= 0.6 is 0 Å². The Kier molecular flexibility index (Phi) is 6.67. The van der Waals surface area contributed by atoms with E-state index in [0.717, 1.165) is 7.11 Å². The minimum absolute atomic E-state index is 0.0420. The molecule has 1 aliphatic rings. The van der Waals surface area contributed by atoms with Gasteiger partial charge in [0.2, 0.25) is 0 Å². The van der Waals surface area contributed by atoms with Gasteiger partial charge in [-0.3, -0.25) is 0 Å². The van der Waals surface area contributed by atoms with E-state index in [1.54, 1.807) is 0 Å². The van der Waals surface area contributed by atoms with Crippen molar-refractivity contribution in [2.24, 2.45) is 0 Å².